The number of nitriles is 1. The van der Waals surface area contributed by atoms with E-state index in [9.17, 15) is 9.90 Å². The number of thiophene rings is 1. The zero-order valence-electron chi connectivity index (χ0n) is 6.91. The molecule has 1 aromatic heterocycles. The number of carboxylic acids is 1. The number of aliphatic hydroxyl groups excluding tert-OH is 2. The Labute approximate surface area is 83.5 Å². The molecule has 0 aliphatic rings. The fourth-order valence-electron chi connectivity index (χ4n) is 0.950. The highest BCUT2D eigenvalue weighted by Crippen LogP contribution is 2.24. The average Bonchev–Trinajstić information content (AvgIpc) is 2.63. The topological polar surface area (TPSA) is 102 Å². The number of hydrogen-bond acceptors (Lipinski definition) is 5. The molecular formula is C8H7NO4S. The normalized spacial score (nSPS) is 14.4. The molecule has 2 unspecified atom stereocenters. The van der Waals surface area contributed by atoms with Gasteiger partial charge in [-0.1, -0.05) is 0 Å². The standard InChI is InChI=1S/C8H7NO4S/c9-1-6(10)7(11)4-2-14-3-5(4)8(12)13/h2-3,6-7,10-11H,(H,12,13). The van der Waals surface area contributed by atoms with E-state index < -0.39 is 18.2 Å². The predicted octanol–water partition coefficient (Wildman–Crippen LogP) is 0.364. The van der Waals surface area contributed by atoms with Gasteiger partial charge in [-0.25, -0.2) is 4.79 Å². The van der Waals surface area contributed by atoms with E-state index in [1.165, 1.54) is 16.8 Å². The van der Waals surface area contributed by atoms with Crippen molar-refractivity contribution in [2.24, 2.45) is 0 Å². The first kappa shape index (κ1) is 10.7. The van der Waals surface area contributed by atoms with Crippen molar-refractivity contribution in [2.75, 3.05) is 0 Å². The fourth-order valence-corrected chi connectivity index (χ4v) is 1.80. The Morgan fingerprint density at radius 1 is 1.50 bits per heavy atom. The molecular weight excluding hydrogens is 206 g/mol. The van der Waals surface area contributed by atoms with Crippen LogP contribution in [0.4, 0.5) is 0 Å². The maximum Gasteiger partial charge on any atom is 0.336 e. The first-order chi connectivity index (χ1) is 6.57. The number of aromatic carboxylic acids is 1. The smallest absolute Gasteiger partial charge is 0.336 e. The number of carboxylic acid groups (broad SMARTS) is 1. The molecule has 5 nitrogen and oxygen atoms in total. The van der Waals surface area contributed by atoms with Crippen molar-refractivity contribution in [1.82, 2.24) is 0 Å². The van der Waals surface area contributed by atoms with Crippen molar-refractivity contribution < 1.29 is 20.1 Å². The Balaban J connectivity index is 3.02. The van der Waals surface area contributed by atoms with Crippen molar-refractivity contribution in [3.05, 3.63) is 21.9 Å². The van der Waals surface area contributed by atoms with Crippen LogP contribution in [0.5, 0.6) is 0 Å². The minimum atomic E-state index is -1.61. The van der Waals surface area contributed by atoms with Gasteiger partial charge in [-0.3, -0.25) is 0 Å². The first-order valence-corrected chi connectivity index (χ1v) is 4.57. The number of hydrogen-bond donors (Lipinski definition) is 3. The summed E-state index contributed by atoms with van der Waals surface area (Å²) in [7, 11) is 0. The zero-order chi connectivity index (χ0) is 10.7. The minimum absolute atomic E-state index is 0.0663. The summed E-state index contributed by atoms with van der Waals surface area (Å²) in [5.74, 6) is -1.19. The molecule has 6 heteroatoms. The summed E-state index contributed by atoms with van der Waals surface area (Å²) in [6, 6.07) is 1.44. The molecule has 0 spiro atoms. The molecule has 1 heterocycles. The van der Waals surface area contributed by atoms with E-state index in [1.54, 1.807) is 0 Å². The second-order valence-electron chi connectivity index (χ2n) is 2.56. The molecule has 74 valence electrons. The van der Waals surface area contributed by atoms with Gasteiger partial charge in [0.2, 0.25) is 0 Å². The lowest BCUT2D eigenvalue weighted by atomic mass is 10.0. The van der Waals surface area contributed by atoms with Crippen LogP contribution >= 0.6 is 11.3 Å². The van der Waals surface area contributed by atoms with Gasteiger partial charge in [0.25, 0.3) is 0 Å². The Bertz CT molecular complexity index is 381. The van der Waals surface area contributed by atoms with E-state index in [2.05, 4.69) is 0 Å². The average molecular weight is 213 g/mol. The molecule has 0 aromatic carbocycles. The fraction of sp³-hybridized carbons (Fsp3) is 0.250. The van der Waals surface area contributed by atoms with Crippen LogP contribution in [0.1, 0.15) is 22.0 Å². The van der Waals surface area contributed by atoms with Crippen LogP contribution in [0.25, 0.3) is 0 Å². The minimum Gasteiger partial charge on any atom is -0.478 e. The lowest BCUT2D eigenvalue weighted by Crippen LogP contribution is -2.17. The van der Waals surface area contributed by atoms with Gasteiger partial charge in [0.05, 0.1) is 11.6 Å². The Hall–Kier alpha value is -1.42. The predicted molar refractivity (Wildman–Crippen MR) is 47.9 cm³/mol. The van der Waals surface area contributed by atoms with E-state index in [1.807, 2.05) is 0 Å². The Kier molecular flexibility index (Phi) is 3.19. The van der Waals surface area contributed by atoms with Crippen molar-refractivity contribution in [1.29, 1.82) is 5.26 Å². The highest BCUT2D eigenvalue weighted by atomic mass is 32.1. The molecule has 0 aliphatic heterocycles. The van der Waals surface area contributed by atoms with Crippen molar-refractivity contribution in [2.45, 2.75) is 12.2 Å². The molecule has 0 fully saturated rings. The quantitative estimate of drug-likeness (QED) is 0.629. The van der Waals surface area contributed by atoms with E-state index in [0.717, 1.165) is 11.3 Å². The van der Waals surface area contributed by atoms with Crippen LogP contribution in [0, 0.1) is 11.3 Å². The molecule has 0 bridgehead atoms. The largest absolute Gasteiger partial charge is 0.478 e. The van der Waals surface area contributed by atoms with Gasteiger partial charge in [-0.2, -0.15) is 16.6 Å². The monoisotopic (exact) mass is 213 g/mol. The molecule has 3 N–H and O–H groups in total. The van der Waals surface area contributed by atoms with E-state index >= 15 is 0 Å². The second kappa shape index (κ2) is 4.19. The molecule has 1 rings (SSSR count). The first-order valence-electron chi connectivity index (χ1n) is 3.63. The zero-order valence-corrected chi connectivity index (χ0v) is 7.73. The van der Waals surface area contributed by atoms with Gasteiger partial charge in [0.15, 0.2) is 6.10 Å². The lowest BCUT2D eigenvalue weighted by Gasteiger charge is -2.10. The van der Waals surface area contributed by atoms with Crippen molar-refractivity contribution in [3.8, 4) is 6.07 Å². The third-order valence-corrected chi connectivity index (χ3v) is 2.43. The van der Waals surface area contributed by atoms with E-state index in [-0.39, 0.29) is 11.1 Å². The lowest BCUT2D eigenvalue weighted by molar-refractivity contribution is 0.0502. The highest BCUT2D eigenvalue weighted by molar-refractivity contribution is 7.08. The molecule has 1 aromatic rings. The van der Waals surface area contributed by atoms with Crippen LogP contribution in [-0.2, 0) is 0 Å². The number of carbonyl (C=O) groups is 1. The maximum absolute atomic E-state index is 10.6. The van der Waals surface area contributed by atoms with Gasteiger partial charge < -0.3 is 15.3 Å². The third-order valence-electron chi connectivity index (χ3n) is 1.67. The van der Waals surface area contributed by atoms with Crippen LogP contribution in [0.3, 0.4) is 0 Å². The molecule has 0 radical (unpaired) electrons. The molecule has 0 saturated carbocycles. The van der Waals surface area contributed by atoms with Gasteiger partial charge in [-0.15, -0.1) is 0 Å². The third kappa shape index (κ3) is 1.90. The SMILES string of the molecule is N#CC(O)C(O)c1cscc1C(=O)O. The van der Waals surface area contributed by atoms with Gasteiger partial charge >= 0.3 is 5.97 Å². The van der Waals surface area contributed by atoms with E-state index in [4.69, 9.17) is 15.5 Å². The number of rotatable bonds is 3. The maximum atomic E-state index is 10.6. The van der Waals surface area contributed by atoms with Crippen molar-refractivity contribution >= 4 is 17.3 Å². The number of nitrogens with zero attached hydrogens (tertiary/aromatic N) is 1. The van der Waals surface area contributed by atoms with E-state index in [0.29, 0.717) is 0 Å². The molecule has 0 aliphatic carbocycles. The van der Waals surface area contributed by atoms with Crippen LogP contribution in [-0.4, -0.2) is 27.4 Å². The number of aliphatic hydroxyl groups is 2. The summed E-state index contributed by atoms with van der Waals surface area (Å²) in [6.45, 7) is 0. The molecule has 14 heavy (non-hydrogen) atoms. The Morgan fingerprint density at radius 3 is 2.64 bits per heavy atom. The van der Waals surface area contributed by atoms with Crippen LogP contribution in [0.2, 0.25) is 0 Å². The summed E-state index contributed by atoms with van der Waals surface area (Å²) in [5.41, 5.74) is -0.0200. The van der Waals surface area contributed by atoms with Crippen LogP contribution in [0.15, 0.2) is 10.8 Å². The summed E-state index contributed by atoms with van der Waals surface area (Å²) < 4.78 is 0. The highest BCUT2D eigenvalue weighted by Gasteiger charge is 2.23. The molecule has 0 saturated heterocycles. The summed E-state index contributed by atoms with van der Waals surface area (Å²) >= 11 is 1.09. The van der Waals surface area contributed by atoms with Gasteiger partial charge in [0.1, 0.15) is 6.10 Å². The van der Waals surface area contributed by atoms with Crippen molar-refractivity contribution in [3.63, 3.8) is 0 Å². The van der Waals surface area contributed by atoms with Crippen LogP contribution < -0.4 is 0 Å². The summed E-state index contributed by atoms with van der Waals surface area (Å²) in [6.07, 6.45) is -3.08. The van der Waals surface area contributed by atoms with Gasteiger partial charge in [-0.05, 0) is 5.38 Å². The molecule has 2 atom stereocenters. The summed E-state index contributed by atoms with van der Waals surface area (Å²) in [4.78, 5) is 10.6. The Morgan fingerprint density at radius 2 is 2.14 bits per heavy atom. The molecule has 0 amide bonds. The second-order valence-corrected chi connectivity index (χ2v) is 3.31. The van der Waals surface area contributed by atoms with Gasteiger partial charge in [0, 0.05) is 10.9 Å². The summed E-state index contributed by atoms with van der Waals surface area (Å²) in [5, 5.41) is 38.1.